The Morgan fingerprint density at radius 3 is 2.94 bits per heavy atom. The molecule has 1 aliphatic heterocycles. The fourth-order valence-corrected chi connectivity index (χ4v) is 2.48. The average Bonchev–Trinajstić information content (AvgIpc) is 2.76. The first-order chi connectivity index (χ1) is 8.54. The van der Waals surface area contributed by atoms with E-state index in [0.29, 0.717) is 29.9 Å². The maximum atomic E-state index is 11.2. The molecule has 5 nitrogen and oxygen atoms in total. The highest BCUT2D eigenvalue weighted by Gasteiger charge is 2.32. The van der Waals surface area contributed by atoms with Gasteiger partial charge in [-0.15, -0.1) is 0 Å². The maximum Gasteiger partial charge on any atom is 0.326 e. The van der Waals surface area contributed by atoms with Crippen molar-refractivity contribution in [1.29, 1.82) is 5.26 Å². The van der Waals surface area contributed by atoms with Gasteiger partial charge in [0.2, 0.25) is 0 Å². The van der Waals surface area contributed by atoms with Crippen LogP contribution in [-0.4, -0.2) is 28.6 Å². The Morgan fingerprint density at radius 2 is 2.33 bits per heavy atom. The molecule has 0 spiro atoms. The van der Waals surface area contributed by atoms with Gasteiger partial charge in [-0.25, -0.2) is 4.79 Å². The van der Waals surface area contributed by atoms with Crippen molar-refractivity contribution in [2.45, 2.75) is 32.7 Å². The third-order valence-corrected chi connectivity index (χ3v) is 3.27. The van der Waals surface area contributed by atoms with Crippen molar-refractivity contribution in [2.75, 3.05) is 11.4 Å². The molecular weight excluding hydrogens is 230 g/mol. The Hall–Kier alpha value is -2.09. The molecule has 18 heavy (non-hydrogen) atoms. The lowest BCUT2D eigenvalue weighted by molar-refractivity contribution is -0.138. The van der Waals surface area contributed by atoms with Crippen molar-refractivity contribution in [3.63, 3.8) is 0 Å². The van der Waals surface area contributed by atoms with E-state index in [9.17, 15) is 15.2 Å². The Labute approximate surface area is 106 Å². The van der Waals surface area contributed by atoms with E-state index in [1.807, 2.05) is 11.8 Å². The van der Waals surface area contributed by atoms with Crippen LogP contribution in [0.3, 0.4) is 0 Å². The van der Waals surface area contributed by atoms with Gasteiger partial charge in [0.05, 0.1) is 16.9 Å². The molecule has 5 heteroatoms. The summed E-state index contributed by atoms with van der Waals surface area (Å²) in [5.41, 5.74) is 2.64. The third-order valence-electron chi connectivity index (χ3n) is 3.27. The summed E-state index contributed by atoms with van der Waals surface area (Å²) in [6.07, 6.45) is 1.46. The molecule has 2 heterocycles. The highest BCUT2D eigenvalue weighted by molar-refractivity contribution is 5.80. The standard InChI is InChI=1S/C13H15N3O2/c1-8-6-12(10(7-14)9(2)15-8)16-5-3-4-11(16)13(17)18/h6,11H,3-5H2,1-2H3,(H,17,18). The van der Waals surface area contributed by atoms with Crippen molar-refractivity contribution in [2.24, 2.45) is 0 Å². The fraction of sp³-hybridized carbons (Fsp3) is 0.462. The first-order valence-corrected chi connectivity index (χ1v) is 5.92. The molecule has 1 aromatic heterocycles. The molecule has 1 unspecified atom stereocenters. The summed E-state index contributed by atoms with van der Waals surface area (Å²) in [5, 5.41) is 18.4. The van der Waals surface area contributed by atoms with E-state index in [0.717, 1.165) is 12.1 Å². The van der Waals surface area contributed by atoms with E-state index in [4.69, 9.17) is 0 Å². The quantitative estimate of drug-likeness (QED) is 0.856. The molecule has 0 bridgehead atoms. The Bertz CT molecular complexity index is 534. The van der Waals surface area contributed by atoms with Crippen LogP contribution in [0, 0.1) is 25.2 Å². The van der Waals surface area contributed by atoms with Gasteiger partial charge in [-0.2, -0.15) is 5.26 Å². The number of carboxylic acid groups (broad SMARTS) is 1. The number of aliphatic carboxylic acids is 1. The molecule has 0 saturated carbocycles. The monoisotopic (exact) mass is 245 g/mol. The van der Waals surface area contributed by atoms with E-state index in [2.05, 4.69) is 11.1 Å². The van der Waals surface area contributed by atoms with E-state index in [1.54, 1.807) is 13.0 Å². The minimum atomic E-state index is -0.830. The molecule has 1 aromatic rings. The van der Waals surface area contributed by atoms with Crippen LogP contribution in [0.4, 0.5) is 5.69 Å². The van der Waals surface area contributed by atoms with E-state index < -0.39 is 12.0 Å². The number of carboxylic acids is 1. The highest BCUT2D eigenvalue weighted by atomic mass is 16.4. The van der Waals surface area contributed by atoms with E-state index in [1.165, 1.54) is 0 Å². The zero-order chi connectivity index (χ0) is 13.3. The second-order valence-electron chi connectivity index (χ2n) is 4.54. The molecule has 0 aromatic carbocycles. The lowest BCUT2D eigenvalue weighted by Crippen LogP contribution is -2.36. The van der Waals surface area contributed by atoms with Gasteiger partial charge in [0.15, 0.2) is 0 Å². The highest BCUT2D eigenvalue weighted by Crippen LogP contribution is 2.30. The number of hydrogen-bond acceptors (Lipinski definition) is 4. The summed E-state index contributed by atoms with van der Waals surface area (Å²) in [6.45, 7) is 4.30. The summed E-state index contributed by atoms with van der Waals surface area (Å²) in [6, 6.07) is 3.40. The molecule has 0 radical (unpaired) electrons. The van der Waals surface area contributed by atoms with Crippen LogP contribution in [-0.2, 0) is 4.79 Å². The molecule has 1 saturated heterocycles. The molecule has 1 aliphatic rings. The smallest absolute Gasteiger partial charge is 0.326 e. The summed E-state index contributed by atoms with van der Waals surface area (Å²) in [4.78, 5) is 17.3. The average molecular weight is 245 g/mol. The first-order valence-electron chi connectivity index (χ1n) is 5.92. The summed E-state index contributed by atoms with van der Waals surface area (Å²) in [5.74, 6) is -0.830. The minimum Gasteiger partial charge on any atom is -0.480 e. The SMILES string of the molecule is Cc1cc(N2CCCC2C(=O)O)c(C#N)c(C)n1. The van der Waals surface area contributed by atoms with Crippen molar-refractivity contribution in [3.8, 4) is 6.07 Å². The van der Waals surface area contributed by atoms with E-state index >= 15 is 0 Å². The van der Waals surface area contributed by atoms with Crippen molar-refractivity contribution in [3.05, 3.63) is 23.0 Å². The number of nitriles is 1. The van der Waals surface area contributed by atoms with Crippen LogP contribution in [0.15, 0.2) is 6.07 Å². The lowest BCUT2D eigenvalue weighted by Gasteiger charge is -2.25. The van der Waals surface area contributed by atoms with Crippen LogP contribution >= 0.6 is 0 Å². The number of aryl methyl sites for hydroxylation is 2. The predicted molar refractivity (Wildman–Crippen MR) is 66.4 cm³/mol. The van der Waals surface area contributed by atoms with Gasteiger partial charge in [0.1, 0.15) is 12.1 Å². The summed E-state index contributed by atoms with van der Waals surface area (Å²) < 4.78 is 0. The molecule has 1 atom stereocenters. The maximum absolute atomic E-state index is 11.2. The number of aromatic nitrogens is 1. The zero-order valence-electron chi connectivity index (χ0n) is 10.5. The normalized spacial score (nSPS) is 18.7. The second-order valence-corrected chi connectivity index (χ2v) is 4.54. The van der Waals surface area contributed by atoms with Crippen molar-refractivity contribution < 1.29 is 9.90 Å². The van der Waals surface area contributed by atoms with Gasteiger partial charge >= 0.3 is 5.97 Å². The van der Waals surface area contributed by atoms with Crippen LogP contribution in [0.25, 0.3) is 0 Å². The van der Waals surface area contributed by atoms with Crippen LogP contribution in [0.2, 0.25) is 0 Å². The number of hydrogen-bond donors (Lipinski definition) is 1. The molecule has 0 aliphatic carbocycles. The molecule has 1 N–H and O–H groups in total. The van der Waals surface area contributed by atoms with Crippen LogP contribution in [0.1, 0.15) is 29.8 Å². The van der Waals surface area contributed by atoms with Crippen molar-refractivity contribution >= 4 is 11.7 Å². The van der Waals surface area contributed by atoms with Gasteiger partial charge in [-0.3, -0.25) is 4.98 Å². The minimum absolute atomic E-state index is 0.480. The first kappa shape index (κ1) is 12.4. The van der Waals surface area contributed by atoms with Gasteiger partial charge < -0.3 is 10.0 Å². The van der Waals surface area contributed by atoms with E-state index in [-0.39, 0.29) is 0 Å². The van der Waals surface area contributed by atoms with Gasteiger partial charge in [0.25, 0.3) is 0 Å². The van der Waals surface area contributed by atoms with Gasteiger partial charge in [0, 0.05) is 12.2 Å². The molecular formula is C13H15N3O2. The largest absolute Gasteiger partial charge is 0.480 e. The van der Waals surface area contributed by atoms with Gasteiger partial charge in [-0.1, -0.05) is 0 Å². The lowest BCUT2D eigenvalue weighted by atomic mass is 10.1. The number of pyridine rings is 1. The number of carbonyl (C=O) groups is 1. The Kier molecular flexibility index (Phi) is 3.19. The fourth-order valence-electron chi connectivity index (χ4n) is 2.48. The van der Waals surface area contributed by atoms with Crippen molar-refractivity contribution in [1.82, 2.24) is 4.98 Å². The van der Waals surface area contributed by atoms with Crippen LogP contribution < -0.4 is 4.90 Å². The van der Waals surface area contributed by atoms with Gasteiger partial charge in [-0.05, 0) is 32.8 Å². The molecule has 94 valence electrons. The summed E-state index contributed by atoms with van der Waals surface area (Å²) >= 11 is 0. The second kappa shape index (κ2) is 4.65. The predicted octanol–water partition coefficient (Wildman–Crippen LogP) is 1.62. The molecule has 0 amide bonds. The zero-order valence-corrected chi connectivity index (χ0v) is 10.5. The third kappa shape index (κ3) is 2.02. The summed E-state index contributed by atoms with van der Waals surface area (Å²) in [7, 11) is 0. The Morgan fingerprint density at radius 1 is 1.61 bits per heavy atom. The van der Waals surface area contributed by atoms with Crippen LogP contribution in [0.5, 0.6) is 0 Å². The molecule has 2 rings (SSSR count). The number of anilines is 1. The Balaban J connectivity index is 2.51. The molecule has 1 fully saturated rings. The number of nitrogens with zero attached hydrogens (tertiary/aromatic N) is 3. The number of rotatable bonds is 2. The topological polar surface area (TPSA) is 77.2 Å².